The largest absolute Gasteiger partial charge is 0.0845 e. The van der Waals surface area contributed by atoms with Crippen molar-refractivity contribution in [1.29, 1.82) is 0 Å². The summed E-state index contributed by atoms with van der Waals surface area (Å²) in [6, 6.07) is 0. The van der Waals surface area contributed by atoms with Crippen molar-refractivity contribution < 1.29 is 0 Å². The van der Waals surface area contributed by atoms with E-state index in [9.17, 15) is 0 Å². The Morgan fingerprint density at radius 2 is 1.29 bits per heavy atom. The number of allylic oxidation sites excluding steroid dienone is 10. The summed E-state index contributed by atoms with van der Waals surface area (Å²) >= 11 is 0. The topological polar surface area (TPSA) is 0 Å². The van der Waals surface area contributed by atoms with Crippen molar-refractivity contribution >= 4 is 0 Å². The van der Waals surface area contributed by atoms with Crippen LogP contribution < -0.4 is 0 Å². The molecule has 0 aliphatic rings. The zero-order valence-electron chi connectivity index (χ0n) is 11.0. The molecule has 93 valence electrons. The number of unbranched alkanes of at least 4 members (excludes halogenated alkanes) is 4. The Labute approximate surface area is 107 Å². The molecule has 0 aliphatic heterocycles. The van der Waals surface area contributed by atoms with Gasteiger partial charge in [-0.3, -0.25) is 0 Å². The van der Waals surface area contributed by atoms with Gasteiger partial charge in [-0.25, -0.2) is 0 Å². The Balaban J connectivity index is 3.49. The normalized spacial score (nSPS) is 13.3. The van der Waals surface area contributed by atoms with E-state index in [0.717, 1.165) is 0 Å². The van der Waals surface area contributed by atoms with Gasteiger partial charge in [0.2, 0.25) is 0 Å². The van der Waals surface area contributed by atoms with Crippen LogP contribution in [0.1, 0.15) is 39.0 Å². The van der Waals surface area contributed by atoms with Gasteiger partial charge < -0.3 is 0 Å². The van der Waals surface area contributed by atoms with Gasteiger partial charge in [-0.1, -0.05) is 86.9 Å². The van der Waals surface area contributed by atoms with Crippen LogP contribution in [0.5, 0.6) is 0 Å². The van der Waals surface area contributed by atoms with Crippen LogP contribution in [0.3, 0.4) is 0 Å². The van der Waals surface area contributed by atoms with Crippen LogP contribution in [0.15, 0.2) is 60.8 Å². The third-order valence-corrected chi connectivity index (χ3v) is 2.27. The molecule has 0 rings (SSSR count). The molecule has 0 spiro atoms. The fourth-order valence-electron chi connectivity index (χ4n) is 1.33. The standard InChI is InChI=1S/C17H25/c1-3-5-7-9-11-13-15-17-16-14-12-10-8-6-4-2/h3,5,7,9,11,13-17H,1,4,6,8,10,12H2,2H3. The second-order valence-corrected chi connectivity index (χ2v) is 3.86. The maximum atomic E-state index is 3.60. The van der Waals surface area contributed by atoms with Crippen molar-refractivity contribution in [3.8, 4) is 0 Å². The molecule has 0 aromatic carbocycles. The average molecular weight is 229 g/mol. The SMILES string of the molecule is [CH2]C=CC=CC=CC=CC=CCCCCCC. The Kier molecular flexibility index (Phi) is 13.6. The average Bonchev–Trinajstić information content (AvgIpc) is 2.35. The minimum absolute atomic E-state index is 1.20. The molecule has 0 aromatic heterocycles. The first kappa shape index (κ1) is 15.7. The Bertz CT molecular complexity index is 274. The molecule has 0 nitrogen and oxygen atoms in total. The van der Waals surface area contributed by atoms with Gasteiger partial charge in [-0.05, 0) is 19.8 Å². The zero-order valence-corrected chi connectivity index (χ0v) is 11.0. The van der Waals surface area contributed by atoms with Crippen LogP contribution in [-0.4, -0.2) is 0 Å². The van der Waals surface area contributed by atoms with Crippen LogP contribution in [0.2, 0.25) is 0 Å². The van der Waals surface area contributed by atoms with Crippen LogP contribution in [0.25, 0.3) is 0 Å². The first-order valence-electron chi connectivity index (χ1n) is 6.52. The van der Waals surface area contributed by atoms with E-state index in [1.807, 2.05) is 36.5 Å². The number of hydrogen-bond donors (Lipinski definition) is 0. The first-order valence-corrected chi connectivity index (χ1v) is 6.52. The molecular weight excluding hydrogens is 204 g/mol. The lowest BCUT2D eigenvalue weighted by atomic mass is 10.1. The van der Waals surface area contributed by atoms with E-state index >= 15 is 0 Å². The van der Waals surface area contributed by atoms with E-state index < -0.39 is 0 Å². The first-order chi connectivity index (χ1) is 8.41. The maximum absolute atomic E-state index is 3.60. The minimum Gasteiger partial charge on any atom is -0.0845 e. The number of rotatable bonds is 9. The molecule has 0 bridgehead atoms. The molecule has 0 heteroatoms. The molecule has 0 amide bonds. The highest BCUT2D eigenvalue weighted by atomic mass is 13.9. The van der Waals surface area contributed by atoms with Crippen molar-refractivity contribution in [1.82, 2.24) is 0 Å². The molecule has 0 aromatic rings. The molecule has 0 unspecified atom stereocenters. The quantitative estimate of drug-likeness (QED) is 0.358. The van der Waals surface area contributed by atoms with E-state index in [1.165, 1.54) is 32.1 Å². The molecule has 0 heterocycles. The summed E-state index contributed by atoms with van der Waals surface area (Å²) < 4.78 is 0. The van der Waals surface area contributed by atoms with Crippen LogP contribution in [0, 0.1) is 6.92 Å². The summed E-state index contributed by atoms with van der Waals surface area (Å²) in [4.78, 5) is 0. The lowest BCUT2D eigenvalue weighted by Gasteiger charge is -1.92. The molecule has 17 heavy (non-hydrogen) atoms. The van der Waals surface area contributed by atoms with Crippen LogP contribution in [0.4, 0.5) is 0 Å². The second kappa shape index (κ2) is 14.7. The second-order valence-electron chi connectivity index (χ2n) is 3.86. The fourth-order valence-corrected chi connectivity index (χ4v) is 1.33. The van der Waals surface area contributed by atoms with Crippen molar-refractivity contribution in [2.75, 3.05) is 0 Å². The van der Waals surface area contributed by atoms with Gasteiger partial charge >= 0.3 is 0 Å². The monoisotopic (exact) mass is 229 g/mol. The summed E-state index contributed by atoms with van der Waals surface area (Å²) in [6.07, 6.45) is 26.7. The van der Waals surface area contributed by atoms with Gasteiger partial charge in [0.15, 0.2) is 0 Å². The molecule has 0 saturated heterocycles. The van der Waals surface area contributed by atoms with Gasteiger partial charge in [0, 0.05) is 0 Å². The molecule has 1 radical (unpaired) electrons. The van der Waals surface area contributed by atoms with E-state index in [-0.39, 0.29) is 0 Å². The molecule has 0 N–H and O–H groups in total. The van der Waals surface area contributed by atoms with Gasteiger partial charge in [0.05, 0.1) is 0 Å². The summed E-state index contributed by atoms with van der Waals surface area (Å²) in [5.74, 6) is 0. The highest BCUT2D eigenvalue weighted by molar-refractivity contribution is 5.17. The van der Waals surface area contributed by atoms with Crippen molar-refractivity contribution in [3.63, 3.8) is 0 Å². The Morgan fingerprint density at radius 1 is 0.706 bits per heavy atom. The zero-order chi connectivity index (χ0) is 12.6. The minimum atomic E-state index is 1.20. The lowest BCUT2D eigenvalue weighted by Crippen LogP contribution is -1.72. The predicted octanol–water partition coefficient (Wildman–Crippen LogP) is 5.57. The molecule has 0 saturated carbocycles. The highest BCUT2D eigenvalue weighted by Gasteiger charge is 1.82. The van der Waals surface area contributed by atoms with Crippen molar-refractivity contribution in [2.45, 2.75) is 39.0 Å². The van der Waals surface area contributed by atoms with Crippen LogP contribution >= 0.6 is 0 Å². The fraction of sp³-hybridized carbons (Fsp3) is 0.353. The third kappa shape index (κ3) is 14.7. The highest BCUT2D eigenvalue weighted by Crippen LogP contribution is 2.02. The molecule has 0 aliphatic carbocycles. The maximum Gasteiger partial charge on any atom is -0.0313 e. The summed E-state index contributed by atoms with van der Waals surface area (Å²) in [5, 5.41) is 0. The van der Waals surface area contributed by atoms with Crippen molar-refractivity contribution in [3.05, 3.63) is 67.7 Å². The van der Waals surface area contributed by atoms with Gasteiger partial charge in [0.1, 0.15) is 0 Å². The summed E-state index contributed by atoms with van der Waals surface area (Å²) in [5.41, 5.74) is 0. The summed E-state index contributed by atoms with van der Waals surface area (Å²) in [6.45, 7) is 5.84. The van der Waals surface area contributed by atoms with Crippen molar-refractivity contribution in [2.24, 2.45) is 0 Å². The van der Waals surface area contributed by atoms with Crippen LogP contribution in [-0.2, 0) is 0 Å². The predicted molar refractivity (Wildman–Crippen MR) is 79.8 cm³/mol. The van der Waals surface area contributed by atoms with E-state index in [4.69, 9.17) is 0 Å². The lowest BCUT2D eigenvalue weighted by molar-refractivity contribution is 0.674. The molecule has 0 atom stereocenters. The Morgan fingerprint density at radius 3 is 1.88 bits per heavy atom. The van der Waals surface area contributed by atoms with Gasteiger partial charge in [-0.15, -0.1) is 0 Å². The summed E-state index contributed by atoms with van der Waals surface area (Å²) in [7, 11) is 0. The van der Waals surface area contributed by atoms with E-state index in [0.29, 0.717) is 0 Å². The number of hydrogen-bond acceptors (Lipinski definition) is 0. The smallest absolute Gasteiger partial charge is 0.0313 e. The van der Waals surface area contributed by atoms with Gasteiger partial charge in [-0.2, -0.15) is 0 Å². The third-order valence-electron chi connectivity index (χ3n) is 2.27. The van der Waals surface area contributed by atoms with E-state index in [1.54, 1.807) is 6.08 Å². The Hall–Kier alpha value is -1.30. The van der Waals surface area contributed by atoms with Gasteiger partial charge in [0.25, 0.3) is 0 Å². The molecular formula is C17H25. The molecule has 0 fully saturated rings. The van der Waals surface area contributed by atoms with E-state index in [2.05, 4.69) is 32.1 Å².